The van der Waals surface area contributed by atoms with E-state index < -0.39 is 0 Å². The van der Waals surface area contributed by atoms with E-state index in [1.54, 1.807) is 6.07 Å². The van der Waals surface area contributed by atoms with Gasteiger partial charge in [-0.2, -0.15) is 0 Å². The lowest BCUT2D eigenvalue weighted by Gasteiger charge is -2.07. The summed E-state index contributed by atoms with van der Waals surface area (Å²) >= 11 is 0. The number of aryl methyl sites for hydroxylation is 4. The van der Waals surface area contributed by atoms with E-state index in [2.05, 4.69) is 29.9 Å². The maximum atomic E-state index is 14.2. The molecule has 0 saturated carbocycles. The summed E-state index contributed by atoms with van der Waals surface area (Å²) < 4.78 is 14.2. The quantitative estimate of drug-likeness (QED) is 0.478. The van der Waals surface area contributed by atoms with Gasteiger partial charge in [0.05, 0.1) is 0 Å². The number of nitrogens with zero attached hydrogens (tertiary/aromatic N) is 2. The third-order valence-corrected chi connectivity index (χ3v) is 4.63. The Hall–Kier alpha value is -1.77. The molecular weight excluding hydrogens is 311 g/mol. The normalized spacial score (nSPS) is 11.0. The molecule has 0 unspecified atom stereocenters. The summed E-state index contributed by atoms with van der Waals surface area (Å²) in [4.78, 5) is 8.90. The smallest absolute Gasteiger partial charge is 0.128 e. The fourth-order valence-corrected chi connectivity index (χ4v) is 2.98. The predicted octanol–water partition coefficient (Wildman–Crippen LogP) is 5.87. The van der Waals surface area contributed by atoms with Crippen LogP contribution in [0.5, 0.6) is 0 Å². The molecule has 1 aromatic heterocycles. The molecule has 2 rings (SSSR count). The lowest BCUT2D eigenvalue weighted by atomic mass is 10.0. The van der Waals surface area contributed by atoms with Gasteiger partial charge < -0.3 is 0 Å². The van der Waals surface area contributed by atoms with Crippen molar-refractivity contribution in [3.05, 3.63) is 58.9 Å². The van der Waals surface area contributed by atoms with Gasteiger partial charge in [0.25, 0.3) is 0 Å². The van der Waals surface area contributed by atoms with Crippen molar-refractivity contribution in [3.8, 4) is 0 Å². The molecule has 0 amide bonds. The van der Waals surface area contributed by atoms with Crippen molar-refractivity contribution in [1.29, 1.82) is 0 Å². The summed E-state index contributed by atoms with van der Waals surface area (Å²) in [5.74, 6) is 0.871. The second-order valence-electron chi connectivity index (χ2n) is 6.85. The van der Waals surface area contributed by atoms with E-state index in [4.69, 9.17) is 0 Å². The number of unbranched alkanes of at least 4 members (excludes halogenated alkanes) is 4. The first-order chi connectivity index (χ1) is 12.2. The molecule has 25 heavy (non-hydrogen) atoms. The van der Waals surface area contributed by atoms with Crippen LogP contribution < -0.4 is 0 Å². The van der Waals surface area contributed by atoms with Gasteiger partial charge in [-0.05, 0) is 54.9 Å². The van der Waals surface area contributed by atoms with E-state index >= 15 is 0 Å². The van der Waals surface area contributed by atoms with Crippen LogP contribution in [0, 0.1) is 5.82 Å². The summed E-state index contributed by atoms with van der Waals surface area (Å²) in [6.07, 6.45) is 14.3. The van der Waals surface area contributed by atoms with Crippen LogP contribution in [0.2, 0.25) is 0 Å². The standard InChI is InChI=1S/C22H31FN2/c1-3-5-7-9-20-14-13-18(15-21(20)23)11-12-19-16-24-22(25-17-19)10-8-6-4-2/h13-17H,3-12H2,1-2H3. The van der Waals surface area contributed by atoms with Crippen LogP contribution in [0.25, 0.3) is 0 Å². The van der Waals surface area contributed by atoms with E-state index in [1.807, 2.05) is 18.5 Å². The Labute approximate surface area is 151 Å². The highest BCUT2D eigenvalue weighted by atomic mass is 19.1. The second kappa shape index (κ2) is 11.0. The molecular formula is C22H31FN2. The number of benzene rings is 1. The van der Waals surface area contributed by atoms with Crippen molar-refractivity contribution >= 4 is 0 Å². The first-order valence-electron chi connectivity index (χ1n) is 9.80. The molecule has 0 saturated heterocycles. The molecule has 0 N–H and O–H groups in total. The Bertz CT molecular complexity index is 622. The summed E-state index contributed by atoms with van der Waals surface area (Å²) in [6.45, 7) is 4.37. The van der Waals surface area contributed by atoms with Gasteiger partial charge in [-0.3, -0.25) is 0 Å². The largest absolute Gasteiger partial charge is 0.241 e. The zero-order chi connectivity index (χ0) is 17.9. The highest BCUT2D eigenvalue weighted by Crippen LogP contribution is 2.15. The maximum Gasteiger partial charge on any atom is 0.128 e. The van der Waals surface area contributed by atoms with Crippen molar-refractivity contribution in [3.63, 3.8) is 0 Å². The van der Waals surface area contributed by atoms with E-state index in [9.17, 15) is 4.39 Å². The number of hydrogen-bond donors (Lipinski definition) is 0. The van der Waals surface area contributed by atoms with Crippen molar-refractivity contribution in [2.45, 2.75) is 78.1 Å². The number of halogens is 1. The third-order valence-electron chi connectivity index (χ3n) is 4.63. The van der Waals surface area contributed by atoms with Crippen LogP contribution in [-0.2, 0) is 25.7 Å². The molecule has 0 spiro atoms. The highest BCUT2D eigenvalue weighted by molar-refractivity contribution is 5.25. The Morgan fingerprint density at radius 1 is 0.760 bits per heavy atom. The van der Waals surface area contributed by atoms with Gasteiger partial charge in [-0.25, -0.2) is 14.4 Å². The van der Waals surface area contributed by atoms with Gasteiger partial charge in [0.2, 0.25) is 0 Å². The Kier molecular flexibility index (Phi) is 8.58. The van der Waals surface area contributed by atoms with E-state index in [-0.39, 0.29) is 5.82 Å². The van der Waals surface area contributed by atoms with Crippen LogP contribution in [-0.4, -0.2) is 9.97 Å². The first kappa shape index (κ1) is 19.6. The van der Waals surface area contributed by atoms with Crippen LogP contribution >= 0.6 is 0 Å². The van der Waals surface area contributed by atoms with Gasteiger partial charge >= 0.3 is 0 Å². The molecule has 0 radical (unpaired) electrons. The van der Waals surface area contributed by atoms with E-state index in [0.29, 0.717) is 0 Å². The van der Waals surface area contributed by atoms with Crippen LogP contribution in [0.15, 0.2) is 30.6 Å². The lowest BCUT2D eigenvalue weighted by Crippen LogP contribution is -1.99. The number of aromatic nitrogens is 2. The van der Waals surface area contributed by atoms with Gasteiger partial charge in [0, 0.05) is 18.8 Å². The van der Waals surface area contributed by atoms with Crippen molar-refractivity contribution in [2.75, 3.05) is 0 Å². The first-order valence-corrected chi connectivity index (χ1v) is 9.80. The molecule has 1 heterocycles. The minimum atomic E-state index is -0.0591. The molecule has 136 valence electrons. The van der Waals surface area contributed by atoms with Crippen LogP contribution in [0.1, 0.15) is 74.9 Å². The van der Waals surface area contributed by atoms with Crippen LogP contribution in [0.4, 0.5) is 4.39 Å². The van der Waals surface area contributed by atoms with Crippen molar-refractivity contribution in [2.24, 2.45) is 0 Å². The summed E-state index contributed by atoms with van der Waals surface area (Å²) in [6, 6.07) is 5.71. The molecule has 1 aromatic carbocycles. The maximum absolute atomic E-state index is 14.2. The second-order valence-corrected chi connectivity index (χ2v) is 6.85. The summed E-state index contributed by atoms with van der Waals surface area (Å²) in [7, 11) is 0. The van der Waals surface area contributed by atoms with Gasteiger partial charge in [0.15, 0.2) is 0 Å². The minimum Gasteiger partial charge on any atom is -0.241 e. The van der Waals surface area contributed by atoms with Gasteiger partial charge in [-0.15, -0.1) is 0 Å². The molecule has 3 heteroatoms. The molecule has 0 fully saturated rings. The van der Waals surface area contributed by atoms with Crippen molar-refractivity contribution < 1.29 is 4.39 Å². The monoisotopic (exact) mass is 342 g/mol. The average Bonchev–Trinajstić information content (AvgIpc) is 2.63. The van der Waals surface area contributed by atoms with Crippen molar-refractivity contribution in [1.82, 2.24) is 9.97 Å². The summed E-state index contributed by atoms with van der Waals surface area (Å²) in [5.41, 5.74) is 3.01. The molecule has 0 aliphatic heterocycles. The molecule has 2 nitrogen and oxygen atoms in total. The zero-order valence-electron chi connectivity index (χ0n) is 15.7. The molecule has 0 aliphatic rings. The van der Waals surface area contributed by atoms with Gasteiger partial charge in [-0.1, -0.05) is 51.7 Å². The topological polar surface area (TPSA) is 25.8 Å². The number of rotatable bonds is 11. The Morgan fingerprint density at radius 3 is 2.04 bits per heavy atom. The predicted molar refractivity (Wildman–Crippen MR) is 102 cm³/mol. The summed E-state index contributed by atoms with van der Waals surface area (Å²) in [5, 5.41) is 0. The minimum absolute atomic E-state index is 0.0591. The third kappa shape index (κ3) is 6.93. The zero-order valence-corrected chi connectivity index (χ0v) is 15.7. The Balaban J connectivity index is 1.83. The highest BCUT2D eigenvalue weighted by Gasteiger charge is 2.05. The van der Waals surface area contributed by atoms with E-state index in [1.165, 1.54) is 19.3 Å². The fourth-order valence-electron chi connectivity index (χ4n) is 2.98. The molecule has 0 aliphatic carbocycles. The number of hydrogen-bond acceptors (Lipinski definition) is 2. The molecule has 0 atom stereocenters. The fraction of sp³-hybridized carbons (Fsp3) is 0.545. The lowest BCUT2D eigenvalue weighted by molar-refractivity contribution is 0.596. The molecule has 2 aromatic rings. The molecule has 0 bridgehead atoms. The Morgan fingerprint density at radius 2 is 1.40 bits per heavy atom. The SMILES string of the molecule is CCCCCc1ncc(CCc2ccc(CCCCC)c(F)c2)cn1. The van der Waals surface area contributed by atoms with Gasteiger partial charge in [0.1, 0.15) is 11.6 Å². The van der Waals surface area contributed by atoms with E-state index in [0.717, 1.165) is 67.5 Å². The van der Waals surface area contributed by atoms with Crippen LogP contribution in [0.3, 0.4) is 0 Å². The average molecular weight is 343 g/mol.